The van der Waals surface area contributed by atoms with Gasteiger partial charge in [0.25, 0.3) is 0 Å². The lowest BCUT2D eigenvalue weighted by molar-refractivity contribution is 0.587. The van der Waals surface area contributed by atoms with Gasteiger partial charge in [-0.15, -0.1) is 0 Å². The second-order valence-electron chi connectivity index (χ2n) is 4.16. The van der Waals surface area contributed by atoms with Crippen molar-refractivity contribution >= 4 is 34.1 Å². The van der Waals surface area contributed by atoms with Gasteiger partial charge in [0.15, 0.2) is 5.65 Å². The third kappa shape index (κ3) is 2.58. The minimum atomic E-state index is -0.461. The zero-order chi connectivity index (χ0) is 14.1. The predicted octanol–water partition coefficient (Wildman–Crippen LogP) is 3.22. The second-order valence-corrected chi connectivity index (χ2v) is 5.32. The van der Waals surface area contributed by atoms with Crippen LogP contribution in [0.5, 0.6) is 0 Å². The Kier molecular flexibility index (Phi) is 3.51. The molecule has 3 rings (SSSR count). The minimum Gasteiger partial charge on any atom is -0.366 e. The summed E-state index contributed by atoms with van der Waals surface area (Å²) in [4.78, 5) is 4.37. The van der Waals surface area contributed by atoms with Crippen LogP contribution in [0.15, 0.2) is 36.7 Å². The normalized spacial score (nSPS) is 10.9. The maximum absolute atomic E-state index is 13.5. The van der Waals surface area contributed by atoms with Crippen molar-refractivity contribution in [3.05, 3.63) is 57.4 Å². The molecule has 0 bridgehead atoms. The molecule has 1 aromatic carbocycles. The van der Waals surface area contributed by atoms with E-state index in [0.717, 1.165) is 21.4 Å². The van der Waals surface area contributed by atoms with E-state index in [4.69, 9.17) is 0 Å². The van der Waals surface area contributed by atoms with Crippen molar-refractivity contribution in [1.82, 2.24) is 14.6 Å². The molecule has 2 heterocycles. The number of anilines is 1. The average Bonchev–Trinajstić information content (AvgIpc) is 2.81. The predicted molar refractivity (Wildman–Crippen MR) is 79.4 cm³/mol. The van der Waals surface area contributed by atoms with E-state index in [2.05, 4.69) is 38.0 Å². The van der Waals surface area contributed by atoms with Crippen LogP contribution in [-0.4, -0.2) is 14.6 Å². The highest BCUT2D eigenvalue weighted by Gasteiger charge is 2.06. The summed E-state index contributed by atoms with van der Waals surface area (Å²) in [6, 6.07) is 5.11. The fourth-order valence-corrected chi connectivity index (χ4v) is 2.30. The lowest BCUT2D eigenvalue weighted by Gasteiger charge is -2.07. The Morgan fingerprint density at radius 3 is 2.95 bits per heavy atom. The van der Waals surface area contributed by atoms with Gasteiger partial charge in [0.05, 0.1) is 9.77 Å². The Morgan fingerprint density at radius 1 is 1.25 bits per heavy atom. The van der Waals surface area contributed by atoms with Gasteiger partial charge < -0.3 is 5.32 Å². The first kappa shape index (κ1) is 13.2. The van der Waals surface area contributed by atoms with Crippen LogP contribution in [0.25, 0.3) is 5.65 Å². The van der Waals surface area contributed by atoms with Crippen LogP contribution < -0.4 is 5.32 Å². The molecule has 2 aromatic heterocycles. The van der Waals surface area contributed by atoms with Gasteiger partial charge in [0, 0.05) is 18.3 Å². The Balaban J connectivity index is 1.82. The molecule has 0 saturated heterocycles. The fourth-order valence-electron chi connectivity index (χ4n) is 1.80. The van der Waals surface area contributed by atoms with Crippen molar-refractivity contribution in [2.45, 2.75) is 6.54 Å². The molecule has 7 heteroatoms. The number of nitrogens with zero attached hydrogens (tertiary/aromatic N) is 3. The van der Waals surface area contributed by atoms with Gasteiger partial charge in [-0.1, -0.05) is 0 Å². The van der Waals surface area contributed by atoms with Gasteiger partial charge >= 0.3 is 0 Å². The molecule has 0 saturated carbocycles. The maximum Gasteiger partial charge on any atom is 0.170 e. The summed E-state index contributed by atoms with van der Waals surface area (Å²) < 4.78 is 29.1. The topological polar surface area (TPSA) is 42.2 Å². The van der Waals surface area contributed by atoms with Crippen LogP contribution in [-0.2, 0) is 6.54 Å². The number of rotatable bonds is 3. The fraction of sp³-hybridized carbons (Fsp3) is 0.0769. The maximum atomic E-state index is 13.5. The SMILES string of the molecule is Fc1ccc(F)c(CNc2ccn3ncc(I)c3n2)c1. The largest absolute Gasteiger partial charge is 0.366 e. The van der Waals surface area contributed by atoms with Gasteiger partial charge in [0.1, 0.15) is 17.5 Å². The number of halogens is 3. The summed E-state index contributed by atoms with van der Waals surface area (Å²) in [5.74, 6) is -0.324. The van der Waals surface area contributed by atoms with Crippen LogP contribution in [0.1, 0.15) is 5.56 Å². The van der Waals surface area contributed by atoms with Crippen LogP contribution in [0.4, 0.5) is 14.6 Å². The van der Waals surface area contributed by atoms with E-state index in [0.29, 0.717) is 5.82 Å². The van der Waals surface area contributed by atoms with E-state index in [1.54, 1.807) is 23.0 Å². The monoisotopic (exact) mass is 386 g/mol. The van der Waals surface area contributed by atoms with Gasteiger partial charge in [-0.3, -0.25) is 0 Å². The lowest BCUT2D eigenvalue weighted by atomic mass is 10.2. The van der Waals surface area contributed by atoms with E-state index in [1.165, 1.54) is 6.07 Å². The Hall–Kier alpha value is -1.77. The first-order chi connectivity index (χ1) is 9.63. The van der Waals surface area contributed by atoms with Crippen molar-refractivity contribution in [3.8, 4) is 0 Å². The molecule has 0 aliphatic heterocycles. The van der Waals surface area contributed by atoms with Crippen LogP contribution >= 0.6 is 22.6 Å². The summed E-state index contributed by atoms with van der Waals surface area (Å²) in [5, 5.41) is 7.09. The van der Waals surface area contributed by atoms with Crippen molar-refractivity contribution in [2.24, 2.45) is 0 Å². The van der Waals surface area contributed by atoms with E-state index in [9.17, 15) is 8.78 Å². The summed E-state index contributed by atoms with van der Waals surface area (Å²) >= 11 is 2.14. The zero-order valence-electron chi connectivity index (χ0n) is 10.1. The third-order valence-electron chi connectivity index (χ3n) is 2.79. The standard InChI is InChI=1S/C13H9F2IN4/c14-9-1-2-10(15)8(5-9)6-17-12-3-4-20-13(19-12)11(16)7-18-20/h1-5,7H,6H2,(H,17,19). The van der Waals surface area contributed by atoms with Gasteiger partial charge in [-0.05, 0) is 46.9 Å². The molecule has 0 radical (unpaired) electrons. The molecule has 0 amide bonds. The summed E-state index contributed by atoms with van der Waals surface area (Å²) in [5.41, 5.74) is 0.977. The average molecular weight is 386 g/mol. The molecular weight excluding hydrogens is 377 g/mol. The number of nitrogens with one attached hydrogen (secondary N) is 1. The minimum absolute atomic E-state index is 0.164. The molecule has 0 atom stereocenters. The molecule has 0 aliphatic rings. The van der Waals surface area contributed by atoms with E-state index < -0.39 is 11.6 Å². The Bertz CT molecular complexity index is 772. The van der Waals surface area contributed by atoms with Crippen LogP contribution in [0, 0.1) is 15.2 Å². The molecule has 1 N–H and O–H groups in total. The van der Waals surface area contributed by atoms with Crippen LogP contribution in [0.2, 0.25) is 0 Å². The van der Waals surface area contributed by atoms with Crippen molar-refractivity contribution < 1.29 is 8.78 Å². The molecule has 4 nitrogen and oxygen atoms in total. The molecule has 20 heavy (non-hydrogen) atoms. The molecule has 0 unspecified atom stereocenters. The van der Waals surface area contributed by atoms with Crippen molar-refractivity contribution in [1.29, 1.82) is 0 Å². The summed E-state index contributed by atoms with van der Waals surface area (Å²) in [6.45, 7) is 0.164. The molecule has 0 fully saturated rings. The number of benzene rings is 1. The number of aromatic nitrogens is 3. The molecule has 0 spiro atoms. The Labute approximate surface area is 127 Å². The molecule has 102 valence electrons. The number of hydrogen-bond acceptors (Lipinski definition) is 3. The second kappa shape index (κ2) is 5.31. The molecule has 0 aliphatic carbocycles. The molecular formula is C13H9F2IN4. The smallest absolute Gasteiger partial charge is 0.170 e. The zero-order valence-corrected chi connectivity index (χ0v) is 12.3. The summed E-state index contributed by atoms with van der Waals surface area (Å²) in [6.07, 6.45) is 3.47. The highest BCUT2D eigenvalue weighted by molar-refractivity contribution is 14.1. The van der Waals surface area contributed by atoms with Crippen molar-refractivity contribution in [2.75, 3.05) is 5.32 Å². The van der Waals surface area contributed by atoms with Gasteiger partial charge in [-0.2, -0.15) is 5.10 Å². The summed E-state index contributed by atoms with van der Waals surface area (Å²) in [7, 11) is 0. The number of hydrogen-bond donors (Lipinski definition) is 1. The Morgan fingerprint density at radius 2 is 2.10 bits per heavy atom. The third-order valence-corrected chi connectivity index (χ3v) is 3.55. The highest BCUT2D eigenvalue weighted by atomic mass is 127. The van der Waals surface area contributed by atoms with E-state index in [1.807, 2.05) is 0 Å². The lowest BCUT2D eigenvalue weighted by Crippen LogP contribution is -2.05. The number of fused-ring (bicyclic) bond motifs is 1. The first-order valence-corrected chi connectivity index (χ1v) is 6.89. The quantitative estimate of drug-likeness (QED) is 0.703. The highest BCUT2D eigenvalue weighted by Crippen LogP contribution is 2.15. The van der Waals surface area contributed by atoms with Crippen LogP contribution in [0.3, 0.4) is 0 Å². The van der Waals surface area contributed by atoms with Gasteiger partial charge in [0.2, 0.25) is 0 Å². The van der Waals surface area contributed by atoms with Crippen molar-refractivity contribution in [3.63, 3.8) is 0 Å². The molecule has 3 aromatic rings. The van der Waals surface area contributed by atoms with E-state index >= 15 is 0 Å². The van der Waals surface area contributed by atoms with Gasteiger partial charge in [-0.25, -0.2) is 18.3 Å². The first-order valence-electron chi connectivity index (χ1n) is 5.81. The van der Waals surface area contributed by atoms with E-state index in [-0.39, 0.29) is 12.1 Å².